The lowest BCUT2D eigenvalue weighted by atomic mass is 10.1. The van der Waals surface area contributed by atoms with Crippen molar-refractivity contribution in [3.63, 3.8) is 0 Å². The van der Waals surface area contributed by atoms with Gasteiger partial charge in [-0.05, 0) is 32.4 Å². The number of ether oxygens (including phenoxy) is 1. The summed E-state index contributed by atoms with van der Waals surface area (Å²) in [4.78, 5) is 13.2. The maximum atomic E-state index is 12.7. The molecule has 10 heteroatoms. The van der Waals surface area contributed by atoms with Crippen molar-refractivity contribution in [2.24, 2.45) is 0 Å². The van der Waals surface area contributed by atoms with Crippen molar-refractivity contribution in [1.29, 1.82) is 0 Å². The second-order valence-electron chi connectivity index (χ2n) is 7.01. The first kappa shape index (κ1) is 19.4. The van der Waals surface area contributed by atoms with Crippen LogP contribution < -0.4 is 15.4 Å². The minimum atomic E-state index is -4.43. The molecule has 154 valence electrons. The van der Waals surface area contributed by atoms with Crippen molar-refractivity contribution in [2.45, 2.75) is 38.1 Å². The number of anilines is 1. The molecule has 3 aromatic heterocycles. The molecule has 4 heterocycles. The van der Waals surface area contributed by atoms with Crippen molar-refractivity contribution in [1.82, 2.24) is 24.7 Å². The highest BCUT2D eigenvalue weighted by molar-refractivity contribution is 5.61. The maximum Gasteiger partial charge on any atom is 0.425 e. The fraction of sp³-hybridized carbons (Fsp3) is 0.421. The Morgan fingerprint density at radius 2 is 2.17 bits per heavy atom. The van der Waals surface area contributed by atoms with Crippen LogP contribution in [-0.2, 0) is 0 Å². The van der Waals surface area contributed by atoms with E-state index in [0.717, 1.165) is 32.9 Å². The fourth-order valence-corrected chi connectivity index (χ4v) is 3.24. The molecule has 2 unspecified atom stereocenters. The molecule has 0 radical (unpaired) electrons. The summed E-state index contributed by atoms with van der Waals surface area (Å²) in [5, 5.41) is 6.73. The molecule has 2 N–H and O–H groups in total. The molecule has 1 saturated heterocycles. The number of pyridine rings is 1. The largest absolute Gasteiger partial charge is 0.481 e. The third-order valence-corrected chi connectivity index (χ3v) is 4.80. The van der Waals surface area contributed by atoms with Gasteiger partial charge in [0.15, 0.2) is 6.10 Å². The van der Waals surface area contributed by atoms with Crippen LogP contribution in [0.1, 0.15) is 19.8 Å². The summed E-state index contributed by atoms with van der Waals surface area (Å²) in [6, 6.07) is 3.24. The van der Waals surface area contributed by atoms with Gasteiger partial charge in [0.05, 0.1) is 24.3 Å². The molecule has 0 bridgehead atoms. The van der Waals surface area contributed by atoms with Gasteiger partial charge in [-0.2, -0.15) is 13.2 Å². The Bertz CT molecular complexity index is 983. The van der Waals surface area contributed by atoms with Gasteiger partial charge in [-0.1, -0.05) is 0 Å². The highest BCUT2D eigenvalue weighted by Crippen LogP contribution is 2.27. The highest BCUT2D eigenvalue weighted by atomic mass is 19.4. The fourth-order valence-electron chi connectivity index (χ4n) is 3.24. The number of piperidine rings is 1. The minimum Gasteiger partial charge on any atom is -0.481 e. The Morgan fingerprint density at radius 3 is 2.93 bits per heavy atom. The van der Waals surface area contributed by atoms with Crippen molar-refractivity contribution in [3.05, 3.63) is 36.9 Å². The molecule has 0 aliphatic carbocycles. The zero-order valence-corrected chi connectivity index (χ0v) is 15.8. The summed E-state index contributed by atoms with van der Waals surface area (Å²) in [5.74, 6) is 0.774. The quantitative estimate of drug-likeness (QED) is 0.677. The van der Waals surface area contributed by atoms with Crippen molar-refractivity contribution in [2.75, 3.05) is 18.4 Å². The highest BCUT2D eigenvalue weighted by Gasteiger charge is 2.38. The van der Waals surface area contributed by atoms with Gasteiger partial charge in [0.25, 0.3) is 0 Å². The first-order chi connectivity index (χ1) is 13.9. The number of fused-ring (bicyclic) bond motifs is 1. The van der Waals surface area contributed by atoms with Crippen molar-refractivity contribution in [3.8, 4) is 17.1 Å². The predicted octanol–water partition coefficient (Wildman–Crippen LogP) is 3.28. The second kappa shape index (κ2) is 7.86. The summed E-state index contributed by atoms with van der Waals surface area (Å²) in [7, 11) is 0. The number of nitrogens with zero attached hydrogens (tertiary/aromatic N) is 4. The van der Waals surface area contributed by atoms with Crippen LogP contribution in [-0.4, -0.2) is 50.8 Å². The number of hydrogen-bond donors (Lipinski definition) is 2. The van der Waals surface area contributed by atoms with E-state index in [1.54, 1.807) is 29.2 Å². The van der Waals surface area contributed by atoms with E-state index < -0.39 is 12.3 Å². The van der Waals surface area contributed by atoms with E-state index in [4.69, 9.17) is 4.74 Å². The van der Waals surface area contributed by atoms with Crippen LogP contribution in [0.15, 0.2) is 36.9 Å². The molecule has 1 aliphatic heterocycles. The van der Waals surface area contributed by atoms with Gasteiger partial charge >= 0.3 is 6.18 Å². The van der Waals surface area contributed by atoms with Crippen LogP contribution in [0.2, 0.25) is 0 Å². The zero-order chi connectivity index (χ0) is 20.4. The molecule has 0 saturated carbocycles. The van der Waals surface area contributed by atoms with Crippen LogP contribution in [0.3, 0.4) is 0 Å². The third kappa shape index (κ3) is 4.42. The number of halogens is 3. The van der Waals surface area contributed by atoms with E-state index in [0.29, 0.717) is 28.9 Å². The normalized spacial score (nSPS) is 18.6. The Kier molecular flexibility index (Phi) is 5.27. The van der Waals surface area contributed by atoms with Crippen LogP contribution in [0.5, 0.6) is 5.75 Å². The first-order valence-corrected chi connectivity index (χ1v) is 9.40. The number of alkyl halides is 3. The average molecular weight is 406 g/mol. The van der Waals surface area contributed by atoms with Gasteiger partial charge in [-0.3, -0.25) is 9.38 Å². The van der Waals surface area contributed by atoms with Gasteiger partial charge in [0.2, 0.25) is 0 Å². The molecule has 7 nitrogen and oxygen atoms in total. The standard InChI is InChI=1S/C19H21F3N6O/c1-12(19(20,21)22)29-14-4-6-28-16(10-25-18(28)7-14)15-9-24-11-17(27-15)26-13-3-2-5-23-8-13/h4,6-7,9-13,23H,2-3,5,8H2,1H3,(H,26,27). The van der Waals surface area contributed by atoms with Gasteiger partial charge in [0, 0.05) is 24.8 Å². The Morgan fingerprint density at radius 1 is 1.31 bits per heavy atom. The Balaban J connectivity index is 1.56. The van der Waals surface area contributed by atoms with Crippen LogP contribution in [0.25, 0.3) is 17.0 Å². The van der Waals surface area contributed by atoms with Crippen LogP contribution in [0.4, 0.5) is 19.0 Å². The summed E-state index contributed by atoms with van der Waals surface area (Å²) in [5.41, 5.74) is 1.76. The molecule has 0 amide bonds. The monoisotopic (exact) mass is 406 g/mol. The summed E-state index contributed by atoms with van der Waals surface area (Å²) >= 11 is 0. The first-order valence-electron chi connectivity index (χ1n) is 9.40. The summed E-state index contributed by atoms with van der Waals surface area (Å²) < 4.78 is 44.8. The van der Waals surface area contributed by atoms with E-state index in [1.807, 2.05) is 0 Å². The van der Waals surface area contributed by atoms with Gasteiger partial charge in [-0.15, -0.1) is 0 Å². The lowest BCUT2D eigenvalue weighted by Gasteiger charge is -2.24. The third-order valence-electron chi connectivity index (χ3n) is 4.80. The molecule has 0 spiro atoms. The predicted molar refractivity (Wildman–Crippen MR) is 102 cm³/mol. The lowest BCUT2D eigenvalue weighted by Crippen LogP contribution is -2.38. The Labute approximate surface area is 165 Å². The van der Waals surface area contributed by atoms with E-state index in [9.17, 15) is 13.2 Å². The SMILES string of the molecule is CC(Oc1ccn2c(-c3cncc(NC4CCCNC4)n3)cnc2c1)C(F)(F)F. The van der Waals surface area contributed by atoms with Gasteiger partial charge in [-0.25, -0.2) is 9.97 Å². The average Bonchev–Trinajstić information content (AvgIpc) is 3.11. The maximum absolute atomic E-state index is 12.7. The van der Waals surface area contributed by atoms with Crippen LogP contribution >= 0.6 is 0 Å². The minimum absolute atomic E-state index is 0.103. The van der Waals surface area contributed by atoms with E-state index >= 15 is 0 Å². The Hall–Kier alpha value is -2.88. The van der Waals surface area contributed by atoms with E-state index in [1.165, 1.54) is 12.1 Å². The van der Waals surface area contributed by atoms with E-state index in [2.05, 4.69) is 25.6 Å². The summed E-state index contributed by atoms with van der Waals surface area (Å²) in [6.45, 7) is 2.87. The lowest BCUT2D eigenvalue weighted by molar-refractivity contribution is -0.189. The number of hydrogen-bond acceptors (Lipinski definition) is 6. The summed E-state index contributed by atoms with van der Waals surface area (Å²) in [6.07, 6.45) is 2.37. The van der Waals surface area contributed by atoms with E-state index in [-0.39, 0.29) is 5.75 Å². The molecule has 4 rings (SSSR count). The topological polar surface area (TPSA) is 76.4 Å². The number of imidazole rings is 1. The van der Waals surface area contributed by atoms with Crippen LogP contribution in [0, 0.1) is 0 Å². The number of rotatable bonds is 5. The number of aromatic nitrogens is 4. The molecule has 1 fully saturated rings. The molecule has 3 aromatic rings. The molecule has 29 heavy (non-hydrogen) atoms. The zero-order valence-electron chi connectivity index (χ0n) is 15.8. The molecule has 2 atom stereocenters. The van der Waals surface area contributed by atoms with Crippen molar-refractivity contribution >= 4 is 11.5 Å². The van der Waals surface area contributed by atoms with Gasteiger partial charge < -0.3 is 15.4 Å². The molecular formula is C19H21F3N6O. The number of nitrogens with one attached hydrogen (secondary N) is 2. The molecule has 0 aromatic carbocycles. The smallest absolute Gasteiger partial charge is 0.425 e. The van der Waals surface area contributed by atoms with Gasteiger partial charge in [0.1, 0.15) is 22.9 Å². The molecule has 1 aliphatic rings. The molecular weight excluding hydrogens is 385 g/mol. The second-order valence-corrected chi connectivity index (χ2v) is 7.01. The van der Waals surface area contributed by atoms with Crippen molar-refractivity contribution < 1.29 is 17.9 Å².